The molecule has 0 atom stereocenters. The van der Waals surface area contributed by atoms with Gasteiger partial charge in [0.15, 0.2) is 0 Å². The second kappa shape index (κ2) is 7.03. The van der Waals surface area contributed by atoms with Gasteiger partial charge in [0.05, 0.1) is 17.2 Å². The van der Waals surface area contributed by atoms with Crippen molar-refractivity contribution in [3.63, 3.8) is 0 Å². The van der Waals surface area contributed by atoms with Gasteiger partial charge in [-0.05, 0) is 24.4 Å². The Morgan fingerprint density at radius 3 is 2.94 bits per heavy atom. The first-order valence-electron chi connectivity index (χ1n) is 6.42. The fraction of sp³-hybridized carbons (Fsp3) is 0.833. The van der Waals surface area contributed by atoms with Crippen LogP contribution in [-0.2, 0) is 11.3 Å². The highest BCUT2D eigenvalue weighted by Crippen LogP contribution is 2.33. The zero-order valence-corrected chi connectivity index (χ0v) is 11.3. The Balaban J connectivity index is 1.87. The first-order valence-corrected chi connectivity index (χ1v) is 7.20. The Hall–Kier alpha value is -0.520. The van der Waals surface area contributed by atoms with Crippen molar-refractivity contribution in [3.8, 4) is 0 Å². The minimum atomic E-state index is 0.654. The van der Waals surface area contributed by atoms with Crippen LogP contribution < -0.4 is 5.32 Å². The lowest BCUT2D eigenvalue weighted by Crippen LogP contribution is -2.19. The Kier molecular flexibility index (Phi) is 5.35. The third-order valence-corrected chi connectivity index (χ3v) is 4.08. The average Bonchev–Trinajstić information content (AvgIpc) is 2.84. The van der Waals surface area contributed by atoms with Gasteiger partial charge in [-0.1, -0.05) is 23.8 Å². The van der Waals surface area contributed by atoms with Crippen LogP contribution in [0.4, 0.5) is 0 Å². The summed E-state index contributed by atoms with van der Waals surface area (Å²) in [5.74, 6) is 0.654. The molecular formula is C12H21N3OS. The number of hydrogen-bond acceptors (Lipinski definition) is 5. The quantitative estimate of drug-likeness (QED) is 0.793. The van der Waals surface area contributed by atoms with E-state index in [9.17, 15) is 0 Å². The van der Waals surface area contributed by atoms with E-state index in [-0.39, 0.29) is 0 Å². The maximum atomic E-state index is 5.02. The van der Waals surface area contributed by atoms with Crippen LogP contribution >= 0.6 is 11.5 Å². The molecule has 5 heteroatoms. The Morgan fingerprint density at radius 1 is 1.35 bits per heavy atom. The van der Waals surface area contributed by atoms with E-state index in [2.05, 4.69) is 14.9 Å². The van der Waals surface area contributed by atoms with Gasteiger partial charge in [-0.25, -0.2) is 0 Å². The number of hydrogen-bond donors (Lipinski definition) is 1. The van der Waals surface area contributed by atoms with Crippen molar-refractivity contribution < 1.29 is 4.74 Å². The van der Waals surface area contributed by atoms with Crippen molar-refractivity contribution in [2.45, 2.75) is 44.6 Å². The molecule has 17 heavy (non-hydrogen) atoms. The van der Waals surface area contributed by atoms with E-state index in [1.54, 1.807) is 7.11 Å². The molecule has 0 radical (unpaired) electrons. The zero-order valence-electron chi connectivity index (χ0n) is 10.4. The van der Waals surface area contributed by atoms with E-state index in [4.69, 9.17) is 4.74 Å². The molecule has 0 aliphatic heterocycles. The van der Waals surface area contributed by atoms with Crippen LogP contribution in [0.25, 0.3) is 0 Å². The van der Waals surface area contributed by atoms with Crippen molar-refractivity contribution in [2.75, 3.05) is 20.3 Å². The Morgan fingerprint density at radius 2 is 2.18 bits per heavy atom. The maximum absolute atomic E-state index is 5.02. The molecule has 0 spiro atoms. The monoisotopic (exact) mass is 255 g/mol. The first-order chi connectivity index (χ1) is 8.42. The van der Waals surface area contributed by atoms with E-state index < -0.39 is 0 Å². The van der Waals surface area contributed by atoms with E-state index >= 15 is 0 Å². The van der Waals surface area contributed by atoms with Gasteiger partial charge in [-0.2, -0.15) is 0 Å². The van der Waals surface area contributed by atoms with Gasteiger partial charge in [-0.15, -0.1) is 5.10 Å². The predicted molar refractivity (Wildman–Crippen MR) is 69.3 cm³/mol. The van der Waals surface area contributed by atoms with Gasteiger partial charge in [-0.3, -0.25) is 0 Å². The summed E-state index contributed by atoms with van der Waals surface area (Å²) in [6, 6.07) is 0. The maximum Gasteiger partial charge on any atom is 0.0831 e. The van der Waals surface area contributed by atoms with Gasteiger partial charge < -0.3 is 10.1 Å². The molecule has 1 heterocycles. The van der Waals surface area contributed by atoms with Crippen molar-refractivity contribution in [1.29, 1.82) is 0 Å². The fourth-order valence-electron chi connectivity index (χ4n) is 2.40. The van der Waals surface area contributed by atoms with Crippen molar-refractivity contribution in [2.24, 2.45) is 0 Å². The molecule has 0 aromatic carbocycles. The molecule has 1 aliphatic carbocycles. The van der Waals surface area contributed by atoms with Gasteiger partial charge in [0.2, 0.25) is 0 Å². The number of rotatable bonds is 6. The lowest BCUT2D eigenvalue weighted by Gasteiger charge is -2.20. The first kappa shape index (κ1) is 12.9. The minimum Gasteiger partial charge on any atom is -0.383 e. The lowest BCUT2D eigenvalue weighted by molar-refractivity contribution is 0.199. The van der Waals surface area contributed by atoms with Crippen LogP contribution in [0.3, 0.4) is 0 Å². The Bertz CT molecular complexity index is 323. The highest BCUT2D eigenvalue weighted by Gasteiger charge is 2.21. The summed E-state index contributed by atoms with van der Waals surface area (Å²) in [6.45, 7) is 2.52. The van der Waals surface area contributed by atoms with Gasteiger partial charge in [0, 0.05) is 26.1 Å². The van der Waals surface area contributed by atoms with Crippen LogP contribution in [0, 0.1) is 0 Å². The van der Waals surface area contributed by atoms with Crippen LogP contribution in [0.15, 0.2) is 0 Å². The molecule has 1 aliphatic rings. The second-order valence-corrected chi connectivity index (χ2v) is 5.42. The summed E-state index contributed by atoms with van der Waals surface area (Å²) in [5.41, 5.74) is 1.25. The van der Waals surface area contributed by atoms with E-state index in [1.807, 2.05) is 0 Å². The molecule has 1 aromatic heterocycles. The van der Waals surface area contributed by atoms with E-state index in [0.717, 1.165) is 19.7 Å². The molecule has 2 rings (SSSR count). The van der Waals surface area contributed by atoms with E-state index in [1.165, 1.54) is 54.2 Å². The van der Waals surface area contributed by atoms with E-state index in [0.29, 0.717) is 5.92 Å². The van der Waals surface area contributed by atoms with Crippen molar-refractivity contribution >= 4 is 11.5 Å². The molecule has 0 bridgehead atoms. The fourth-order valence-corrected chi connectivity index (χ4v) is 3.10. The normalized spacial score (nSPS) is 17.5. The van der Waals surface area contributed by atoms with Gasteiger partial charge in [0.25, 0.3) is 0 Å². The second-order valence-electron chi connectivity index (χ2n) is 4.59. The Labute approximate surface area is 107 Å². The van der Waals surface area contributed by atoms with Gasteiger partial charge in [0.1, 0.15) is 0 Å². The molecule has 96 valence electrons. The highest BCUT2D eigenvalue weighted by atomic mass is 32.1. The van der Waals surface area contributed by atoms with Crippen molar-refractivity contribution in [3.05, 3.63) is 10.6 Å². The molecule has 0 amide bonds. The lowest BCUT2D eigenvalue weighted by atomic mass is 9.86. The summed E-state index contributed by atoms with van der Waals surface area (Å²) in [5, 5.41) is 7.71. The van der Waals surface area contributed by atoms with Crippen molar-refractivity contribution in [1.82, 2.24) is 14.9 Å². The van der Waals surface area contributed by atoms with Crippen LogP contribution in [0.1, 0.15) is 48.6 Å². The number of nitrogens with zero attached hydrogens (tertiary/aromatic N) is 2. The molecular weight excluding hydrogens is 234 g/mol. The SMILES string of the molecule is COCCNCc1snnc1C1CCCCC1. The molecule has 4 nitrogen and oxygen atoms in total. The molecule has 0 unspecified atom stereocenters. The molecule has 1 saturated carbocycles. The number of aromatic nitrogens is 2. The van der Waals surface area contributed by atoms with Crippen LogP contribution in [-0.4, -0.2) is 29.8 Å². The summed E-state index contributed by atoms with van der Waals surface area (Å²) < 4.78 is 9.13. The predicted octanol–water partition coefficient (Wildman–Crippen LogP) is 2.32. The molecule has 1 fully saturated rings. The highest BCUT2D eigenvalue weighted by molar-refractivity contribution is 7.05. The number of nitrogens with one attached hydrogen (secondary N) is 1. The topological polar surface area (TPSA) is 47.0 Å². The molecule has 1 N–H and O–H groups in total. The number of ether oxygens (including phenoxy) is 1. The third kappa shape index (κ3) is 3.72. The summed E-state index contributed by atoms with van der Waals surface area (Å²) in [6.07, 6.45) is 6.65. The zero-order chi connectivity index (χ0) is 11.9. The summed E-state index contributed by atoms with van der Waals surface area (Å²) >= 11 is 1.54. The molecule has 0 saturated heterocycles. The smallest absolute Gasteiger partial charge is 0.0831 e. The van der Waals surface area contributed by atoms with Crippen LogP contribution in [0.5, 0.6) is 0 Å². The standard InChI is InChI=1S/C12H21N3OS/c1-16-8-7-13-9-11-12(14-15-17-11)10-5-3-2-4-6-10/h10,13H,2-9H2,1H3. The molecule has 1 aromatic rings. The summed E-state index contributed by atoms with van der Waals surface area (Å²) in [4.78, 5) is 1.31. The third-order valence-electron chi connectivity index (χ3n) is 3.35. The minimum absolute atomic E-state index is 0.654. The summed E-state index contributed by atoms with van der Waals surface area (Å²) in [7, 11) is 1.73. The van der Waals surface area contributed by atoms with Crippen LogP contribution in [0.2, 0.25) is 0 Å². The number of methoxy groups -OCH3 is 1. The largest absolute Gasteiger partial charge is 0.383 e. The average molecular weight is 255 g/mol. The van der Waals surface area contributed by atoms with Gasteiger partial charge >= 0.3 is 0 Å².